The van der Waals surface area contributed by atoms with Crippen LogP contribution in [0.5, 0.6) is 0 Å². The molecule has 0 N–H and O–H groups in total. The highest BCUT2D eigenvalue weighted by atomic mass is 32.1. The van der Waals surface area contributed by atoms with Crippen LogP contribution in [0.15, 0.2) is 35.7 Å². The zero-order valence-electron chi connectivity index (χ0n) is 16.9. The molecule has 1 aromatic carbocycles. The van der Waals surface area contributed by atoms with E-state index in [1.54, 1.807) is 4.90 Å². The third-order valence-electron chi connectivity index (χ3n) is 5.30. The lowest BCUT2D eigenvalue weighted by molar-refractivity contribution is -0.120. The molecule has 3 rings (SSSR count). The lowest BCUT2D eigenvalue weighted by Gasteiger charge is -2.35. The third-order valence-corrected chi connectivity index (χ3v) is 6.16. The zero-order valence-corrected chi connectivity index (χ0v) is 17.7. The molecule has 1 aliphatic heterocycles. The Bertz CT molecular complexity index is 896. The van der Waals surface area contributed by atoms with Gasteiger partial charge >= 0.3 is 0 Å². The van der Waals surface area contributed by atoms with Crippen LogP contribution in [0.2, 0.25) is 0 Å². The minimum Gasteiger partial charge on any atom is -0.335 e. The highest BCUT2D eigenvalue weighted by Gasteiger charge is 2.25. The number of thiophene rings is 1. The highest BCUT2D eigenvalue weighted by molar-refractivity contribution is 7.12. The van der Waals surface area contributed by atoms with E-state index in [1.807, 2.05) is 54.5 Å². The highest BCUT2D eigenvalue weighted by Crippen LogP contribution is 2.20. The van der Waals surface area contributed by atoms with Crippen LogP contribution in [-0.2, 0) is 4.79 Å². The maximum Gasteiger partial charge on any atom is 0.264 e. The van der Waals surface area contributed by atoms with Crippen LogP contribution in [-0.4, -0.2) is 60.9 Å². The maximum atomic E-state index is 13.0. The van der Waals surface area contributed by atoms with Crippen molar-refractivity contribution >= 4 is 28.8 Å². The fourth-order valence-electron chi connectivity index (χ4n) is 3.39. The number of hydrogen-bond acceptors (Lipinski definition) is 5. The molecule has 0 bridgehead atoms. The Labute approximate surface area is 175 Å². The molecular formula is C22H26N4O2S. The Morgan fingerprint density at radius 1 is 1.14 bits per heavy atom. The van der Waals surface area contributed by atoms with Gasteiger partial charge in [-0.2, -0.15) is 5.26 Å². The second-order valence-electron chi connectivity index (χ2n) is 7.27. The minimum atomic E-state index is -0.0125. The molecule has 6 nitrogen and oxygen atoms in total. The standard InChI is InChI=1S/C22H26N4O2S/c1-17-6-7-19(15-18(17)2)26(9-4-8-23)21(27)16-24-10-12-25(13-11-24)22(28)20-5-3-14-29-20/h3,5-7,14-15H,4,9-13,16H2,1-2H3. The summed E-state index contributed by atoms with van der Waals surface area (Å²) >= 11 is 1.46. The first-order chi connectivity index (χ1) is 14.0. The molecule has 0 unspecified atom stereocenters. The third kappa shape index (κ3) is 5.22. The van der Waals surface area contributed by atoms with Crippen LogP contribution in [0.25, 0.3) is 0 Å². The van der Waals surface area contributed by atoms with Gasteiger partial charge in [0.25, 0.3) is 5.91 Å². The predicted octanol–water partition coefficient (Wildman–Crippen LogP) is 3.07. The van der Waals surface area contributed by atoms with Crippen molar-refractivity contribution in [1.29, 1.82) is 5.26 Å². The van der Waals surface area contributed by atoms with E-state index in [-0.39, 0.29) is 11.8 Å². The summed E-state index contributed by atoms with van der Waals surface area (Å²) in [5.41, 5.74) is 3.13. The summed E-state index contributed by atoms with van der Waals surface area (Å²) in [7, 11) is 0. The van der Waals surface area contributed by atoms with Crippen molar-refractivity contribution in [3.63, 3.8) is 0 Å². The van der Waals surface area contributed by atoms with Gasteiger partial charge in [0.15, 0.2) is 0 Å². The van der Waals surface area contributed by atoms with Gasteiger partial charge in [0.2, 0.25) is 5.91 Å². The quantitative estimate of drug-likeness (QED) is 0.734. The Morgan fingerprint density at radius 2 is 1.90 bits per heavy atom. The van der Waals surface area contributed by atoms with Gasteiger partial charge in [-0.15, -0.1) is 11.3 Å². The van der Waals surface area contributed by atoms with Gasteiger partial charge in [0.1, 0.15) is 0 Å². The summed E-state index contributed by atoms with van der Waals surface area (Å²) in [6.07, 6.45) is 0.293. The number of aryl methyl sites for hydroxylation is 2. The Hall–Kier alpha value is -2.69. The maximum absolute atomic E-state index is 13.0. The van der Waals surface area contributed by atoms with Crippen LogP contribution in [0.1, 0.15) is 27.2 Å². The zero-order chi connectivity index (χ0) is 20.8. The molecule has 2 amide bonds. The number of anilines is 1. The molecule has 29 heavy (non-hydrogen) atoms. The van der Waals surface area contributed by atoms with Crippen LogP contribution >= 0.6 is 11.3 Å². The van der Waals surface area contributed by atoms with Crippen molar-refractivity contribution in [2.24, 2.45) is 0 Å². The molecule has 0 aliphatic carbocycles. The first-order valence-corrected chi connectivity index (χ1v) is 10.7. The molecular weight excluding hydrogens is 384 g/mol. The lowest BCUT2D eigenvalue weighted by Crippen LogP contribution is -2.51. The van der Waals surface area contributed by atoms with Crippen LogP contribution in [0.4, 0.5) is 5.69 Å². The Morgan fingerprint density at radius 3 is 2.52 bits per heavy atom. The fraction of sp³-hybridized carbons (Fsp3) is 0.409. The van der Waals surface area contributed by atoms with Crippen LogP contribution < -0.4 is 4.90 Å². The molecule has 0 atom stereocenters. The molecule has 2 aromatic rings. The van der Waals surface area contributed by atoms with Crippen molar-refractivity contribution in [3.8, 4) is 6.07 Å². The summed E-state index contributed by atoms with van der Waals surface area (Å²) in [5, 5.41) is 10.9. The average molecular weight is 411 g/mol. The van der Waals surface area contributed by atoms with E-state index in [4.69, 9.17) is 5.26 Å². The van der Waals surface area contributed by atoms with Gasteiger partial charge in [-0.1, -0.05) is 12.1 Å². The van der Waals surface area contributed by atoms with Gasteiger partial charge in [-0.05, 0) is 48.6 Å². The molecule has 2 heterocycles. The molecule has 0 saturated carbocycles. The smallest absolute Gasteiger partial charge is 0.264 e. The number of hydrogen-bond donors (Lipinski definition) is 0. The van der Waals surface area contributed by atoms with E-state index in [0.29, 0.717) is 45.7 Å². The van der Waals surface area contributed by atoms with E-state index in [0.717, 1.165) is 16.1 Å². The molecule has 7 heteroatoms. The molecule has 152 valence electrons. The number of nitriles is 1. The van der Waals surface area contributed by atoms with E-state index in [1.165, 1.54) is 16.9 Å². The van der Waals surface area contributed by atoms with Gasteiger partial charge in [-0.25, -0.2) is 0 Å². The fourth-order valence-corrected chi connectivity index (χ4v) is 4.09. The number of piperazine rings is 1. The second-order valence-corrected chi connectivity index (χ2v) is 8.22. The number of amides is 2. The van der Waals surface area contributed by atoms with Crippen molar-refractivity contribution in [1.82, 2.24) is 9.80 Å². The molecule has 1 aromatic heterocycles. The normalized spacial score (nSPS) is 14.4. The number of rotatable bonds is 6. The van der Waals surface area contributed by atoms with Gasteiger partial charge < -0.3 is 9.80 Å². The second kappa shape index (κ2) is 9.68. The number of nitrogens with zero attached hydrogens (tertiary/aromatic N) is 4. The summed E-state index contributed by atoms with van der Waals surface area (Å²) in [5.74, 6) is 0.0540. The molecule has 1 fully saturated rings. The van der Waals surface area contributed by atoms with Gasteiger partial charge in [-0.3, -0.25) is 14.5 Å². The van der Waals surface area contributed by atoms with Gasteiger partial charge in [0.05, 0.1) is 23.9 Å². The monoisotopic (exact) mass is 410 g/mol. The topological polar surface area (TPSA) is 67.7 Å². The van der Waals surface area contributed by atoms with E-state index in [2.05, 4.69) is 11.0 Å². The Balaban J connectivity index is 1.60. The predicted molar refractivity (Wildman–Crippen MR) is 115 cm³/mol. The van der Waals surface area contributed by atoms with Crippen LogP contribution in [0.3, 0.4) is 0 Å². The van der Waals surface area contributed by atoms with E-state index in [9.17, 15) is 9.59 Å². The first-order valence-electron chi connectivity index (χ1n) is 9.79. The minimum absolute atomic E-state index is 0.0125. The number of carbonyl (C=O) groups is 2. The number of carbonyl (C=O) groups excluding carboxylic acids is 2. The van der Waals surface area contributed by atoms with Crippen molar-refractivity contribution in [3.05, 3.63) is 51.7 Å². The molecule has 1 aliphatic rings. The largest absolute Gasteiger partial charge is 0.335 e. The molecule has 0 radical (unpaired) electrons. The molecule has 0 spiro atoms. The summed E-state index contributed by atoms with van der Waals surface area (Å²) in [6, 6.07) is 11.8. The van der Waals surface area contributed by atoms with Crippen molar-refractivity contribution in [2.45, 2.75) is 20.3 Å². The Kier molecular flexibility index (Phi) is 7.02. The SMILES string of the molecule is Cc1ccc(N(CCC#N)C(=O)CN2CCN(C(=O)c3cccs3)CC2)cc1C. The van der Waals surface area contributed by atoms with E-state index < -0.39 is 0 Å². The van der Waals surface area contributed by atoms with Crippen molar-refractivity contribution < 1.29 is 9.59 Å². The summed E-state index contributed by atoms with van der Waals surface area (Å²) < 4.78 is 0. The summed E-state index contributed by atoms with van der Waals surface area (Å²) in [6.45, 7) is 7.31. The van der Waals surface area contributed by atoms with Crippen molar-refractivity contribution in [2.75, 3.05) is 44.2 Å². The first kappa shape index (κ1) is 21.0. The van der Waals surface area contributed by atoms with Crippen LogP contribution in [0, 0.1) is 25.2 Å². The number of benzene rings is 1. The molecule has 1 saturated heterocycles. The van der Waals surface area contributed by atoms with Gasteiger partial charge in [0, 0.05) is 38.4 Å². The lowest BCUT2D eigenvalue weighted by atomic mass is 10.1. The average Bonchev–Trinajstić information content (AvgIpc) is 3.26. The summed E-state index contributed by atoms with van der Waals surface area (Å²) in [4.78, 5) is 31.9. The van der Waals surface area contributed by atoms with E-state index >= 15 is 0 Å².